The molecule has 0 radical (unpaired) electrons. The molecule has 1 atom stereocenters. The lowest BCUT2D eigenvalue weighted by Crippen LogP contribution is -2.42. The minimum Gasteiger partial charge on any atom is -0.391 e. The number of rotatable bonds is 2. The maximum Gasteiger partial charge on any atom is 0.307 e. The van der Waals surface area contributed by atoms with Crippen LogP contribution in [0.5, 0.6) is 0 Å². The summed E-state index contributed by atoms with van der Waals surface area (Å²) in [7, 11) is 0. The Bertz CT molecular complexity index is 565. The van der Waals surface area contributed by atoms with E-state index in [1.54, 1.807) is 0 Å². The van der Waals surface area contributed by atoms with Crippen LogP contribution < -0.4 is 0 Å². The molecule has 2 rings (SSSR count). The van der Waals surface area contributed by atoms with Gasteiger partial charge in [0.05, 0.1) is 22.7 Å². The topological polar surface area (TPSA) is 83.7 Å². The smallest absolute Gasteiger partial charge is 0.307 e. The van der Waals surface area contributed by atoms with Crippen molar-refractivity contribution in [1.29, 1.82) is 0 Å². The normalized spacial score (nSPS) is 18.9. The lowest BCUT2D eigenvalue weighted by Gasteiger charge is -2.30. The van der Waals surface area contributed by atoms with Crippen molar-refractivity contribution < 1.29 is 23.6 Å². The van der Waals surface area contributed by atoms with Gasteiger partial charge >= 0.3 is 5.69 Å². The van der Waals surface area contributed by atoms with Gasteiger partial charge in [0.25, 0.3) is 5.91 Å². The Kier molecular flexibility index (Phi) is 3.93. The molecule has 1 aromatic carbocycles. The number of benzene rings is 1. The first kappa shape index (κ1) is 14.3. The van der Waals surface area contributed by atoms with Crippen LogP contribution in [0.2, 0.25) is 0 Å². The van der Waals surface area contributed by atoms with E-state index in [9.17, 15) is 28.8 Å². The second kappa shape index (κ2) is 5.49. The fraction of sp³-hybridized carbons (Fsp3) is 0.417. The Balaban J connectivity index is 2.30. The van der Waals surface area contributed by atoms with Crippen LogP contribution in [0.3, 0.4) is 0 Å². The third kappa shape index (κ3) is 2.74. The molecular formula is C12H12F2N2O4. The van der Waals surface area contributed by atoms with Gasteiger partial charge in [-0.2, -0.15) is 4.39 Å². The molecule has 1 aliphatic rings. The molecular weight excluding hydrogens is 274 g/mol. The predicted molar refractivity (Wildman–Crippen MR) is 64.2 cm³/mol. The van der Waals surface area contributed by atoms with Crippen LogP contribution in [0, 0.1) is 21.7 Å². The number of carbonyl (C=O) groups excluding carboxylic acids is 1. The van der Waals surface area contributed by atoms with Crippen LogP contribution >= 0.6 is 0 Å². The molecule has 108 valence electrons. The largest absolute Gasteiger partial charge is 0.391 e. The number of nitro groups is 1. The Morgan fingerprint density at radius 3 is 2.70 bits per heavy atom. The maximum absolute atomic E-state index is 13.7. The standard InChI is InChI=1S/C12H12F2N2O4/c13-9-5-11(16(19)20)10(14)4-8(9)12(18)15-3-1-2-7(17)6-15/h4-5,7,17H,1-3,6H2. The molecule has 0 saturated carbocycles. The zero-order valence-corrected chi connectivity index (χ0v) is 10.4. The minimum absolute atomic E-state index is 0.0386. The number of amides is 1. The number of aliphatic hydroxyl groups excluding tert-OH is 1. The van der Waals surface area contributed by atoms with Gasteiger partial charge in [-0.3, -0.25) is 14.9 Å². The minimum atomic E-state index is -1.27. The Morgan fingerprint density at radius 1 is 1.40 bits per heavy atom. The molecule has 0 spiro atoms. The third-order valence-corrected chi connectivity index (χ3v) is 3.15. The molecule has 0 bridgehead atoms. The van der Waals surface area contributed by atoms with E-state index in [2.05, 4.69) is 0 Å². The van der Waals surface area contributed by atoms with Crippen LogP contribution in [0.4, 0.5) is 14.5 Å². The van der Waals surface area contributed by atoms with Crippen molar-refractivity contribution in [2.24, 2.45) is 0 Å². The third-order valence-electron chi connectivity index (χ3n) is 3.15. The average molecular weight is 286 g/mol. The summed E-state index contributed by atoms with van der Waals surface area (Å²) in [6.07, 6.45) is 0.406. The van der Waals surface area contributed by atoms with E-state index in [1.807, 2.05) is 0 Å². The summed E-state index contributed by atoms with van der Waals surface area (Å²) in [5.74, 6) is -3.20. The lowest BCUT2D eigenvalue weighted by molar-refractivity contribution is -0.387. The van der Waals surface area contributed by atoms with Gasteiger partial charge in [0, 0.05) is 13.1 Å². The molecule has 1 saturated heterocycles. The first-order valence-corrected chi connectivity index (χ1v) is 6.01. The first-order chi connectivity index (χ1) is 9.40. The average Bonchev–Trinajstić information content (AvgIpc) is 2.40. The second-order valence-electron chi connectivity index (χ2n) is 4.59. The van der Waals surface area contributed by atoms with E-state index in [0.717, 1.165) is 0 Å². The van der Waals surface area contributed by atoms with E-state index in [1.165, 1.54) is 4.90 Å². The highest BCUT2D eigenvalue weighted by Gasteiger charge is 2.28. The number of β-amino-alcohol motifs (C(OH)–C–C–N with tert-alkyl or cyclic N) is 1. The monoisotopic (exact) mass is 286 g/mol. The molecule has 20 heavy (non-hydrogen) atoms. The number of nitrogens with zero attached hydrogens (tertiary/aromatic N) is 2. The van der Waals surface area contributed by atoms with Crippen molar-refractivity contribution in [2.45, 2.75) is 18.9 Å². The van der Waals surface area contributed by atoms with Gasteiger partial charge in [-0.05, 0) is 18.9 Å². The number of aliphatic hydroxyl groups is 1. The molecule has 1 aromatic rings. The fourth-order valence-electron chi connectivity index (χ4n) is 2.15. The molecule has 1 unspecified atom stereocenters. The molecule has 8 heteroatoms. The molecule has 1 aliphatic heterocycles. The van der Waals surface area contributed by atoms with E-state index in [0.29, 0.717) is 31.5 Å². The Labute approximate surface area is 112 Å². The summed E-state index contributed by atoms with van der Waals surface area (Å²) in [5, 5.41) is 19.9. The number of piperidine rings is 1. The van der Waals surface area contributed by atoms with Crippen molar-refractivity contribution in [2.75, 3.05) is 13.1 Å². The molecule has 1 fully saturated rings. The highest BCUT2D eigenvalue weighted by atomic mass is 19.1. The zero-order valence-electron chi connectivity index (χ0n) is 10.4. The SMILES string of the molecule is O=C(c1cc(F)c([N+](=O)[O-])cc1F)N1CCCC(O)C1. The van der Waals surface area contributed by atoms with Crippen LogP contribution in [-0.4, -0.2) is 40.0 Å². The van der Waals surface area contributed by atoms with Crippen molar-refractivity contribution in [3.8, 4) is 0 Å². The van der Waals surface area contributed by atoms with Gasteiger partial charge in [-0.15, -0.1) is 0 Å². The highest BCUT2D eigenvalue weighted by molar-refractivity contribution is 5.94. The molecule has 0 aliphatic carbocycles. The fourth-order valence-corrected chi connectivity index (χ4v) is 2.15. The maximum atomic E-state index is 13.7. The first-order valence-electron chi connectivity index (χ1n) is 6.01. The summed E-state index contributed by atoms with van der Waals surface area (Å²) in [5.41, 5.74) is -1.58. The summed E-state index contributed by atoms with van der Waals surface area (Å²) in [6, 6.07) is 0.916. The summed E-state index contributed by atoms with van der Waals surface area (Å²) >= 11 is 0. The van der Waals surface area contributed by atoms with Gasteiger partial charge in [-0.25, -0.2) is 4.39 Å². The summed E-state index contributed by atoms with van der Waals surface area (Å²) < 4.78 is 27.2. The number of hydrogen-bond acceptors (Lipinski definition) is 4. The number of carbonyl (C=O) groups is 1. The van der Waals surface area contributed by atoms with Crippen LogP contribution in [0.15, 0.2) is 12.1 Å². The zero-order chi connectivity index (χ0) is 14.9. The Hall–Kier alpha value is -2.09. The Morgan fingerprint density at radius 2 is 2.10 bits per heavy atom. The summed E-state index contributed by atoms with van der Waals surface area (Å²) in [6.45, 7) is 0.366. The van der Waals surface area contributed by atoms with Crippen molar-refractivity contribution in [3.63, 3.8) is 0 Å². The van der Waals surface area contributed by atoms with Crippen molar-refractivity contribution in [1.82, 2.24) is 4.90 Å². The van der Waals surface area contributed by atoms with Crippen molar-refractivity contribution >= 4 is 11.6 Å². The van der Waals surface area contributed by atoms with Gasteiger partial charge in [0.1, 0.15) is 5.82 Å². The molecule has 1 N–H and O–H groups in total. The van der Waals surface area contributed by atoms with Gasteiger partial charge in [0.15, 0.2) is 0 Å². The molecule has 1 heterocycles. The number of nitro benzene ring substituents is 1. The molecule has 0 aromatic heterocycles. The van der Waals surface area contributed by atoms with Gasteiger partial charge in [-0.1, -0.05) is 0 Å². The van der Waals surface area contributed by atoms with E-state index >= 15 is 0 Å². The number of likely N-dealkylation sites (tertiary alicyclic amines) is 1. The van der Waals surface area contributed by atoms with Gasteiger partial charge < -0.3 is 10.0 Å². The second-order valence-corrected chi connectivity index (χ2v) is 4.59. The van der Waals surface area contributed by atoms with Crippen LogP contribution in [0.25, 0.3) is 0 Å². The van der Waals surface area contributed by atoms with Crippen molar-refractivity contribution in [3.05, 3.63) is 39.4 Å². The van der Waals surface area contributed by atoms with E-state index < -0.39 is 39.8 Å². The predicted octanol–water partition coefficient (Wildman–Crippen LogP) is 1.47. The highest BCUT2D eigenvalue weighted by Crippen LogP contribution is 2.23. The molecule has 6 nitrogen and oxygen atoms in total. The quantitative estimate of drug-likeness (QED) is 0.659. The summed E-state index contributed by atoms with van der Waals surface area (Å²) in [4.78, 5) is 22.7. The van der Waals surface area contributed by atoms with E-state index in [-0.39, 0.29) is 6.54 Å². The molecule has 1 amide bonds. The van der Waals surface area contributed by atoms with Crippen LogP contribution in [-0.2, 0) is 0 Å². The number of hydrogen-bond donors (Lipinski definition) is 1. The van der Waals surface area contributed by atoms with E-state index in [4.69, 9.17) is 0 Å². The van der Waals surface area contributed by atoms with Gasteiger partial charge in [0.2, 0.25) is 5.82 Å². The lowest BCUT2D eigenvalue weighted by atomic mass is 10.1. The number of halogens is 2. The van der Waals surface area contributed by atoms with Crippen LogP contribution in [0.1, 0.15) is 23.2 Å².